The molecule has 22 heavy (non-hydrogen) atoms. The lowest BCUT2D eigenvalue weighted by Gasteiger charge is -2.24. The molecule has 2 heterocycles. The first-order valence-electron chi connectivity index (χ1n) is 8.25. The van der Waals surface area contributed by atoms with Crippen LogP contribution in [-0.4, -0.2) is 55.6 Å². The molecule has 1 N–H and O–H groups in total. The highest BCUT2D eigenvalue weighted by Crippen LogP contribution is 2.38. The Morgan fingerprint density at radius 2 is 2.23 bits per heavy atom. The van der Waals surface area contributed by atoms with Crippen LogP contribution in [0.2, 0.25) is 0 Å². The Morgan fingerprint density at radius 3 is 3.00 bits per heavy atom. The predicted molar refractivity (Wildman–Crippen MR) is 86.3 cm³/mol. The Kier molecular flexibility index (Phi) is 4.71. The smallest absolute Gasteiger partial charge is 0.122 e. The Labute approximate surface area is 133 Å². The Balaban J connectivity index is 1.47. The molecule has 1 spiro atoms. The normalized spacial score (nSPS) is 26.7. The van der Waals surface area contributed by atoms with Crippen LogP contribution < -0.4 is 4.74 Å². The molecule has 0 amide bonds. The summed E-state index contributed by atoms with van der Waals surface area (Å²) < 4.78 is 11.4. The highest BCUT2D eigenvalue weighted by molar-refractivity contribution is 5.35. The van der Waals surface area contributed by atoms with Crippen molar-refractivity contribution in [2.24, 2.45) is 5.41 Å². The fourth-order valence-electron chi connectivity index (χ4n) is 3.55. The average Bonchev–Trinajstić information content (AvgIpc) is 3.10. The summed E-state index contributed by atoms with van der Waals surface area (Å²) in [6.07, 6.45) is 1.91. The molecule has 4 heteroatoms. The van der Waals surface area contributed by atoms with E-state index < -0.39 is 6.10 Å². The molecule has 2 atom stereocenters. The van der Waals surface area contributed by atoms with E-state index in [1.165, 1.54) is 18.4 Å². The molecular formula is C18H27NO3. The Bertz CT molecular complexity index is 511. The summed E-state index contributed by atoms with van der Waals surface area (Å²) in [6, 6.07) is 6.16. The van der Waals surface area contributed by atoms with Crippen molar-refractivity contribution >= 4 is 0 Å². The zero-order valence-corrected chi connectivity index (χ0v) is 13.7. The quantitative estimate of drug-likeness (QED) is 0.905. The predicted octanol–water partition coefficient (Wildman–Crippen LogP) is 2.16. The maximum Gasteiger partial charge on any atom is 0.122 e. The topological polar surface area (TPSA) is 41.9 Å². The van der Waals surface area contributed by atoms with Crippen molar-refractivity contribution < 1.29 is 14.6 Å². The van der Waals surface area contributed by atoms with Gasteiger partial charge in [-0.15, -0.1) is 0 Å². The fourth-order valence-corrected chi connectivity index (χ4v) is 3.55. The molecule has 4 nitrogen and oxygen atoms in total. The minimum atomic E-state index is -0.447. The van der Waals surface area contributed by atoms with Gasteiger partial charge in [0, 0.05) is 25.1 Å². The number of aliphatic hydroxyl groups excluding tert-OH is 1. The van der Waals surface area contributed by atoms with Crippen LogP contribution in [-0.2, 0) is 4.74 Å². The number of rotatable bonds is 5. The first-order valence-corrected chi connectivity index (χ1v) is 8.25. The minimum absolute atomic E-state index is 0.351. The van der Waals surface area contributed by atoms with Crippen molar-refractivity contribution in [3.8, 4) is 5.75 Å². The van der Waals surface area contributed by atoms with E-state index in [1.54, 1.807) is 0 Å². The lowest BCUT2D eigenvalue weighted by molar-refractivity contribution is 0.0702. The number of ether oxygens (including phenoxy) is 2. The summed E-state index contributed by atoms with van der Waals surface area (Å²) in [7, 11) is 0. The van der Waals surface area contributed by atoms with Gasteiger partial charge in [0.1, 0.15) is 18.5 Å². The van der Waals surface area contributed by atoms with E-state index in [1.807, 2.05) is 13.0 Å². The maximum atomic E-state index is 10.3. The summed E-state index contributed by atoms with van der Waals surface area (Å²) in [5.41, 5.74) is 2.65. The monoisotopic (exact) mass is 305 g/mol. The second-order valence-electron chi connectivity index (χ2n) is 7.02. The third-order valence-electron chi connectivity index (χ3n) is 4.95. The lowest BCUT2D eigenvalue weighted by atomic mass is 9.87. The van der Waals surface area contributed by atoms with E-state index >= 15 is 0 Å². The molecule has 0 aliphatic carbocycles. The third-order valence-corrected chi connectivity index (χ3v) is 4.95. The van der Waals surface area contributed by atoms with E-state index in [-0.39, 0.29) is 0 Å². The largest absolute Gasteiger partial charge is 0.491 e. The van der Waals surface area contributed by atoms with Gasteiger partial charge in [0.15, 0.2) is 0 Å². The summed E-state index contributed by atoms with van der Waals surface area (Å²) in [6.45, 7) is 9.01. The minimum Gasteiger partial charge on any atom is -0.491 e. The van der Waals surface area contributed by atoms with Crippen molar-refractivity contribution in [3.05, 3.63) is 29.3 Å². The molecule has 0 saturated carbocycles. The van der Waals surface area contributed by atoms with Gasteiger partial charge in [-0.25, -0.2) is 0 Å². The highest BCUT2D eigenvalue weighted by Gasteiger charge is 2.41. The standard InChI is InChI=1S/C18H27NO3/c1-14-3-4-15(2)17(9-14)22-11-16(20)10-19-7-5-18(12-19)6-8-21-13-18/h3-4,9,16,20H,5-8,10-13H2,1-2H3. The van der Waals surface area contributed by atoms with Crippen molar-refractivity contribution in [1.29, 1.82) is 0 Å². The van der Waals surface area contributed by atoms with Gasteiger partial charge in [-0.05, 0) is 50.4 Å². The van der Waals surface area contributed by atoms with Gasteiger partial charge < -0.3 is 14.6 Å². The van der Waals surface area contributed by atoms with Crippen LogP contribution in [0.5, 0.6) is 5.75 Å². The zero-order chi connectivity index (χ0) is 15.6. The number of β-amino-alcohol motifs (C(OH)–C–C–N with tert-alkyl or cyclic N) is 1. The molecule has 3 rings (SSSR count). The molecule has 2 saturated heterocycles. The van der Waals surface area contributed by atoms with Gasteiger partial charge in [-0.3, -0.25) is 4.90 Å². The summed E-state index contributed by atoms with van der Waals surface area (Å²) in [5, 5.41) is 10.3. The van der Waals surface area contributed by atoms with Crippen LogP contribution in [0.15, 0.2) is 18.2 Å². The van der Waals surface area contributed by atoms with Crippen LogP contribution in [0.25, 0.3) is 0 Å². The molecule has 2 fully saturated rings. The molecule has 1 aromatic rings. The molecular weight excluding hydrogens is 278 g/mol. The van der Waals surface area contributed by atoms with Crippen LogP contribution in [0.4, 0.5) is 0 Å². The summed E-state index contributed by atoms with van der Waals surface area (Å²) >= 11 is 0. The SMILES string of the molecule is Cc1ccc(C)c(OCC(O)CN2CCC3(CCOC3)C2)c1. The van der Waals surface area contributed by atoms with Gasteiger partial charge >= 0.3 is 0 Å². The van der Waals surface area contributed by atoms with Crippen molar-refractivity contribution in [1.82, 2.24) is 4.90 Å². The third kappa shape index (κ3) is 3.62. The van der Waals surface area contributed by atoms with Gasteiger partial charge in [0.05, 0.1) is 6.61 Å². The van der Waals surface area contributed by atoms with E-state index in [0.29, 0.717) is 18.6 Å². The second-order valence-corrected chi connectivity index (χ2v) is 7.02. The average molecular weight is 305 g/mol. The number of hydrogen-bond donors (Lipinski definition) is 1. The molecule has 2 aliphatic rings. The second kappa shape index (κ2) is 6.57. The first kappa shape index (κ1) is 15.8. The van der Waals surface area contributed by atoms with Crippen molar-refractivity contribution in [2.75, 3.05) is 39.5 Å². The van der Waals surface area contributed by atoms with Gasteiger partial charge in [0.25, 0.3) is 0 Å². The molecule has 0 radical (unpaired) electrons. The van der Waals surface area contributed by atoms with E-state index in [4.69, 9.17) is 9.47 Å². The fraction of sp³-hybridized carbons (Fsp3) is 0.667. The number of aliphatic hydroxyl groups is 1. The summed E-state index contributed by atoms with van der Waals surface area (Å²) in [4.78, 5) is 2.35. The Hall–Kier alpha value is -1.10. The maximum absolute atomic E-state index is 10.3. The number of benzene rings is 1. The van der Waals surface area contributed by atoms with E-state index in [0.717, 1.165) is 37.6 Å². The highest BCUT2D eigenvalue weighted by atomic mass is 16.5. The molecule has 1 aromatic carbocycles. The number of nitrogens with zero attached hydrogens (tertiary/aromatic N) is 1. The van der Waals surface area contributed by atoms with Gasteiger partial charge in [-0.1, -0.05) is 12.1 Å². The molecule has 0 aromatic heterocycles. The lowest BCUT2D eigenvalue weighted by Crippen LogP contribution is -2.36. The summed E-state index contributed by atoms with van der Waals surface area (Å²) in [5.74, 6) is 0.876. The molecule has 0 bridgehead atoms. The zero-order valence-electron chi connectivity index (χ0n) is 13.7. The number of aryl methyl sites for hydroxylation is 2. The van der Waals surface area contributed by atoms with Crippen molar-refractivity contribution in [3.63, 3.8) is 0 Å². The molecule has 122 valence electrons. The van der Waals surface area contributed by atoms with Crippen LogP contribution in [0.1, 0.15) is 24.0 Å². The molecule has 2 aliphatic heterocycles. The van der Waals surface area contributed by atoms with Crippen LogP contribution in [0, 0.1) is 19.3 Å². The van der Waals surface area contributed by atoms with E-state index in [2.05, 4.69) is 24.0 Å². The molecule has 2 unspecified atom stereocenters. The van der Waals surface area contributed by atoms with Gasteiger partial charge in [0.2, 0.25) is 0 Å². The first-order chi connectivity index (χ1) is 10.6. The number of hydrogen-bond acceptors (Lipinski definition) is 4. The van der Waals surface area contributed by atoms with Crippen LogP contribution >= 0.6 is 0 Å². The van der Waals surface area contributed by atoms with Gasteiger partial charge in [-0.2, -0.15) is 0 Å². The van der Waals surface area contributed by atoms with Crippen LogP contribution in [0.3, 0.4) is 0 Å². The number of likely N-dealkylation sites (tertiary alicyclic amines) is 1. The van der Waals surface area contributed by atoms with E-state index in [9.17, 15) is 5.11 Å². The van der Waals surface area contributed by atoms with Crippen molar-refractivity contribution in [2.45, 2.75) is 32.8 Å². The Morgan fingerprint density at radius 1 is 1.36 bits per heavy atom.